The van der Waals surface area contributed by atoms with Crippen LogP contribution in [0.25, 0.3) is 0 Å². The van der Waals surface area contributed by atoms with E-state index in [0.29, 0.717) is 12.6 Å². The SMILES string of the molecule is CCCCNC(=O)C(C)N(CCN)C1CCCCC1. The van der Waals surface area contributed by atoms with Gasteiger partial charge in [-0.3, -0.25) is 9.69 Å². The minimum atomic E-state index is -0.0523. The van der Waals surface area contributed by atoms with Gasteiger partial charge in [-0.05, 0) is 26.2 Å². The fourth-order valence-electron chi connectivity index (χ4n) is 2.94. The zero-order valence-electron chi connectivity index (χ0n) is 12.7. The molecule has 1 aliphatic carbocycles. The predicted molar refractivity (Wildman–Crippen MR) is 80.0 cm³/mol. The molecule has 0 aromatic heterocycles. The van der Waals surface area contributed by atoms with Crippen molar-refractivity contribution in [1.29, 1.82) is 0 Å². The average Bonchev–Trinajstić information content (AvgIpc) is 2.45. The molecule has 1 unspecified atom stereocenters. The third kappa shape index (κ3) is 5.49. The Morgan fingerprint density at radius 3 is 2.63 bits per heavy atom. The van der Waals surface area contributed by atoms with Crippen LogP contribution >= 0.6 is 0 Å². The molecule has 1 atom stereocenters. The van der Waals surface area contributed by atoms with Gasteiger partial charge in [-0.1, -0.05) is 32.6 Å². The molecule has 0 spiro atoms. The van der Waals surface area contributed by atoms with Gasteiger partial charge in [-0.25, -0.2) is 0 Å². The first-order valence-electron chi connectivity index (χ1n) is 7.94. The highest BCUT2D eigenvalue weighted by Crippen LogP contribution is 2.23. The standard InChI is InChI=1S/C15H31N3O/c1-3-4-11-17-15(19)13(2)18(12-10-16)14-8-6-5-7-9-14/h13-14H,3-12,16H2,1-2H3,(H,17,19). The summed E-state index contributed by atoms with van der Waals surface area (Å²) in [4.78, 5) is 14.5. The molecule has 0 saturated heterocycles. The molecule has 0 aromatic carbocycles. The molecular formula is C15H31N3O. The molecule has 4 nitrogen and oxygen atoms in total. The molecule has 19 heavy (non-hydrogen) atoms. The quantitative estimate of drug-likeness (QED) is 0.662. The molecule has 1 rings (SSSR count). The summed E-state index contributed by atoms with van der Waals surface area (Å²) in [5.74, 6) is 0.160. The van der Waals surface area contributed by atoms with Crippen LogP contribution in [0.3, 0.4) is 0 Å². The molecule has 0 radical (unpaired) electrons. The number of nitrogens with two attached hydrogens (primary N) is 1. The van der Waals surface area contributed by atoms with Crippen LogP contribution in [0.4, 0.5) is 0 Å². The monoisotopic (exact) mass is 269 g/mol. The van der Waals surface area contributed by atoms with E-state index in [2.05, 4.69) is 17.1 Å². The fourth-order valence-corrected chi connectivity index (χ4v) is 2.94. The molecule has 1 amide bonds. The molecule has 0 aromatic rings. The smallest absolute Gasteiger partial charge is 0.237 e. The number of carbonyl (C=O) groups is 1. The highest BCUT2D eigenvalue weighted by atomic mass is 16.2. The van der Waals surface area contributed by atoms with Crippen LogP contribution in [0, 0.1) is 0 Å². The van der Waals surface area contributed by atoms with Crippen LogP contribution in [0.2, 0.25) is 0 Å². The van der Waals surface area contributed by atoms with Gasteiger partial charge in [0.05, 0.1) is 6.04 Å². The number of hydrogen-bond acceptors (Lipinski definition) is 3. The van der Waals surface area contributed by atoms with Gasteiger partial charge in [0.25, 0.3) is 0 Å². The molecule has 4 heteroatoms. The molecule has 0 aliphatic heterocycles. The van der Waals surface area contributed by atoms with Crippen molar-refractivity contribution in [2.24, 2.45) is 5.73 Å². The van der Waals surface area contributed by atoms with Crippen molar-refractivity contribution in [3.8, 4) is 0 Å². The fraction of sp³-hybridized carbons (Fsp3) is 0.933. The van der Waals surface area contributed by atoms with Crippen LogP contribution in [-0.2, 0) is 4.79 Å². The van der Waals surface area contributed by atoms with Gasteiger partial charge in [-0.2, -0.15) is 0 Å². The van der Waals surface area contributed by atoms with Crippen molar-refractivity contribution in [3.05, 3.63) is 0 Å². The van der Waals surface area contributed by atoms with Gasteiger partial charge in [0.1, 0.15) is 0 Å². The lowest BCUT2D eigenvalue weighted by atomic mass is 9.93. The zero-order valence-corrected chi connectivity index (χ0v) is 12.7. The number of nitrogens with zero attached hydrogens (tertiary/aromatic N) is 1. The van der Waals surface area contributed by atoms with E-state index in [1.165, 1.54) is 32.1 Å². The number of unbranched alkanes of at least 4 members (excludes halogenated alkanes) is 1. The summed E-state index contributed by atoms with van der Waals surface area (Å²) in [5.41, 5.74) is 5.72. The van der Waals surface area contributed by atoms with E-state index in [0.717, 1.165) is 25.9 Å². The maximum Gasteiger partial charge on any atom is 0.237 e. The molecule has 1 saturated carbocycles. The van der Waals surface area contributed by atoms with E-state index in [4.69, 9.17) is 5.73 Å². The van der Waals surface area contributed by atoms with Gasteiger partial charge in [0.2, 0.25) is 5.91 Å². The van der Waals surface area contributed by atoms with E-state index >= 15 is 0 Å². The van der Waals surface area contributed by atoms with Crippen molar-refractivity contribution in [2.45, 2.75) is 70.9 Å². The van der Waals surface area contributed by atoms with Gasteiger partial charge in [0, 0.05) is 25.7 Å². The third-order valence-corrected chi connectivity index (χ3v) is 4.14. The lowest BCUT2D eigenvalue weighted by molar-refractivity contribution is -0.127. The summed E-state index contributed by atoms with van der Waals surface area (Å²) < 4.78 is 0. The predicted octanol–water partition coefficient (Wildman–Crippen LogP) is 1.88. The number of carbonyl (C=O) groups excluding carboxylic acids is 1. The number of hydrogen-bond donors (Lipinski definition) is 2. The van der Waals surface area contributed by atoms with Crippen LogP contribution in [-0.4, -0.2) is 42.5 Å². The largest absolute Gasteiger partial charge is 0.355 e. The Morgan fingerprint density at radius 1 is 1.37 bits per heavy atom. The highest BCUT2D eigenvalue weighted by molar-refractivity contribution is 5.81. The summed E-state index contributed by atoms with van der Waals surface area (Å²) in [6.45, 7) is 6.40. The molecule has 0 heterocycles. The van der Waals surface area contributed by atoms with E-state index in [-0.39, 0.29) is 11.9 Å². The normalized spacial score (nSPS) is 18.5. The molecular weight excluding hydrogens is 238 g/mol. The second-order valence-corrected chi connectivity index (χ2v) is 5.64. The minimum Gasteiger partial charge on any atom is -0.355 e. The van der Waals surface area contributed by atoms with E-state index < -0.39 is 0 Å². The Morgan fingerprint density at radius 2 is 2.05 bits per heavy atom. The van der Waals surface area contributed by atoms with Crippen molar-refractivity contribution in [2.75, 3.05) is 19.6 Å². The maximum absolute atomic E-state index is 12.2. The average molecular weight is 269 g/mol. The van der Waals surface area contributed by atoms with Gasteiger partial charge >= 0.3 is 0 Å². The summed E-state index contributed by atoms with van der Waals surface area (Å²) in [5, 5.41) is 3.04. The highest BCUT2D eigenvalue weighted by Gasteiger charge is 2.28. The van der Waals surface area contributed by atoms with Crippen molar-refractivity contribution in [3.63, 3.8) is 0 Å². The Bertz CT molecular complexity index is 252. The van der Waals surface area contributed by atoms with Crippen LogP contribution in [0.5, 0.6) is 0 Å². The number of nitrogens with one attached hydrogen (secondary N) is 1. The first-order valence-corrected chi connectivity index (χ1v) is 7.94. The van der Waals surface area contributed by atoms with E-state index in [1.54, 1.807) is 0 Å². The summed E-state index contributed by atoms with van der Waals surface area (Å²) in [7, 11) is 0. The Balaban J connectivity index is 2.50. The van der Waals surface area contributed by atoms with Crippen LogP contribution in [0.15, 0.2) is 0 Å². The van der Waals surface area contributed by atoms with Crippen LogP contribution in [0.1, 0.15) is 58.8 Å². The number of amides is 1. The summed E-state index contributed by atoms with van der Waals surface area (Å²) in [6, 6.07) is 0.493. The van der Waals surface area contributed by atoms with Crippen LogP contribution < -0.4 is 11.1 Å². The van der Waals surface area contributed by atoms with Gasteiger partial charge in [-0.15, -0.1) is 0 Å². The molecule has 0 bridgehead atoms. The topological polar surface area (TPSA) is 58.4 Å². The molecule has 1 aliphatic rings. The van der Waals surface area contributed by atoms with Crippen molar-refractivity contribution in [1.82, 2.24) is 10.2 Å². The zero-order chi connectivity index (χ0) is 14.1. The second kappa shape index (κ2) is 9.32. The van der Waals surface area contributed by atoms with Crippen molar-refractivity contribution < 1.29 is 4.79 Å². The second-order valence-electron chi connectivity index (χ2n) is 5.64. The minimum absolute atomic E-state index is 0.0523. The van der Waals surface area contributed by atoms with Gasteiger partial charge < -0.3 is 11.1 Å². The van der Waals surface area contributed by atoms with Crippen molar-refractivity contribution >= 4 is 5.91 Å². The Hall–Kier alpha value is -0.610. The van der Waals surface area contributed by atoms with E-state index in [1.807, 2.05) is 6.92 Å². The molecule has 112 valence electrons. The molecule has 3 N–H and O–H groups in total. The first kappa shape index (κ1) is 16.4. The summed E-state index contributed by atoms with van der Waals surface area (Å²) in [6.07, 6.45) is 8.51. The Labute approximate surface area is 118 Å². The molecule has 1 fully saturated rings. The lowest BCUT2D eigenvalue weighted by Crippen LogP contribution is -2.52. The Kier molecular flexibility index (Phi) is 8.07. The summed E-state index contributed by atoms with van der Waals surface area (Å²) >= 11 is 0. The first-order chi connectivity index (χ1) is 9.20. The third-order valence-electron chi connectivity index (χ3n) is 4.14. The van der Waals surface area contributed by atoms with E-state index in [9.17, 15) is 4.79 Å². The maximum atomic E-state index is 12.2. The van der Waals surface area contributed by atoms with Gasteiger partial charge in [0.15, 0.2) is 0 Å². The lowest BCUT2D eigenvalue weighted by Gasteiger charge is -2.37. The number of rotatable bonds is 8.